The molecule has 1 heterocycles. The third kappa shape index (κ3) is 3.45. The zero-order valence-electron chi connectivity index (χ0n) is 17.8. The van der Waals surface area contributed by atoms with Gasteiger partial charge in [-0.05, 0) is 54.1 Å². The van der Waals surface area contributed by atoms with Crippen molar-refractivity contribution in [3.63, 3.8) is 0 Å². The molecule has 2 nitrogen and oxygen atoms in total. The zero-order chi connectivity index (χ0) is 22.2. The largest absolute Gasteiger partial charge is 0.456 e. The van der Waals surface area contributed by atoms with Crippen molar-refractivity contribution >= 4 is 50.6 Å². The third-order valence-corrected chi connectivity index (χ3v) is 6.15. The van der Waals surface area contributed by atoms with Crippen molar-refractivity contribution in [1.29, 1.82) is 0 Å². The quantitative estimate of drug-likeness (QED) is 0.268. The van der Waals surface area contributed by atoms with E-state index < -0.39 is 0 Å². The van der Waals surface area contributed by atoms with Crippen LogP contribution in [0.4, 0.5) is 17.1 Å². The van der Waals surface area contributed by atoms with E-state index >= 15 is 0 Å². The van der Waals surface area contributed by atoms with Crippen LogP contribution in [0.25, 0.3) is 33.1 Å². The lowest BCUT2D eigenvalue weighted by Gasteiger charge is -2.28. The Bertz CT molecular complexity index is 1520. The van der Waals surface area contributed by atoms with Crippen molar-refractivity contribution in [2.24, 2.45) is 0 Å². The van der Waals surface area contributed by atoms with Gasteiger partial charge in [0.25, 0.3) is 0 Å². The number of furan rings is 1. The second-order valence-electron chi connectivity index (χ2n) is 7.95. The average molecular weight is 446 g/mol. The van der Waals surface area contributed by atoms with Crippen LogP contribution in [0.15, 0.2) is 126 Å². The molecule has 5 aromatic carbocycles. The third-order valence-electron chi connectivity index (χ3n) is 5.91. The monoisotopic (exact) mass is 445 g/mol. The van der Waals surface area contributed by atoms with Crippen LogP contribution in [0.3, 0.4) is 0 Å². The van der Waals surface area contributed by atoms with Gasteiger partial charge in [0.2, 0.25) is 0 Å². The summed E-state index contributed by atoms with van der Waals surface area (Å²) in [5.74, 6) is 0. The molecule has 0 radical (unpaired) electrons. The van der Waals surface area contributed by atoms with Gasteiger partial charge in [0.15, 0.2) is 0 Å². The van der Waals surface area contributed by atoms with Gasteiger partial charge in [-0.1, -0.05) is 78.3 Å². The van der Waals surface area contributed by atoms with E-state index in [4.69, 9.17) is 16.0 Å². The molecule has 0 aliphatic heterocycles. The molecule has 0 aliphatic carbocycles. The summed E-state index contributed by atoms with van der Waals surface area (Å²) >= 11 is 6.28. The van der Waals surface area contributed by atoms with Crippen molar-refractivity contribution in [3.8, 4) is 11.1 Å². The summed E-state index contributed by atoms with van der Waals surface area (Å²) in [6.45, 7) is 0. The predicted molar refractivity (Wildman–Crippen MR) is 139 cm³/mol. The van der Waals surface area contributed by atoms with Crippen molar-refractivity contribution in [1.82, 2.24) is 0 Å². The van der Waals surface area contributed by atoms with Crippen LogP contribution in [0.2, 0.25) is 5.02 Å². The molecular weight excluding hydrogens is 426 g/mol. The fourth-order valence-corrected chi connectivity index (χ4v) is 4.66. The first-order chi connectivity index (χ1) is 16.3. The number of fused-ring (bicyclic) bond motifs is 3. The minimum absolute atomic E-state index is 0.665. The van der Waals surface area contributed by atoms with Crippen LogP contribution < -0.4 is 4.90 Å². The van der Waals surface area contributed by atoms with Crippen molar-refractivity contribution in [2.75, 3.05) is 4.90 Å². The Morgan fingerprint density at radius 2 is 1.18 bits per heavy atom. The Balaban J connectivity index is 1.74. The molecule has 1 aromatic heterocycles. The summed E-state index contributed by atoms with van der Waals surface area (Å²) < 4.78 is 6.24. The Morgan fingerprint density at radius 3 is 1.82 bits per heavy atom. The molecule has 0 N–H and O–H groups in total. The number of benzene rings is 5. The first-order valence-electron chi connectivity index (χ1n) is 10.9. The smallest absolute Gasteiger partial charge is 0.136 e. The van der Waals surface area contributed by atoms with E-state index in [2.05, 4.69) is 95.9 Å². The van der Waals surface area contributed by atoms with E-state index in [0.29, 0.717) is 5.02 Å². The molecule has 3 heteroatoms. The van der Waals surface area contributed by atoms with Gasteiger partial charge in [-0.3, -0.25) is 0 Å². The zero-order valence-corrected chi connectivity index (χ0v) is 18.5. The molecule has 0 spiro atoms. The molecule has 6 aromatic rings. The standard InChI is InChI=1S/C30H20ClNO/c31-22-16-17-25-28(20-22)33-27-19-18-26(29(30(25)27)21-10-4-1-5-11-21)32(23-12-6-2-7-13-23)24-14-8-3-9-15-24/h1-20H. The SMILES string of the molecule is Clc1ccc2c(c1)oc1ccc(N(c3ccccc3)c3ccccc3)c(-c3ccccc3)c12. The van der Waals surface area contributed by atoms with Crippen LogP contribution in [0, 0.1) is 0 Å². The second-order valence-corrected chi connectivity index (χ2v) is 8.38. The highest BCUT2D eigenvalue weighted by atomic mass is 35.5. The molecule has 0 saturated heterocycles. The maximum absolute atomic E-state index is 6.28. The second kappa shape index (κ2) is 8.16. The lowest BCUT2D eigenvalue weighted by molar-refractivity contribution is 0.669. The maximum Gasteiger partial charge on any atom is 0.136 e. The van der Waals surface area contributed by atoms with Gasteiger partial charge in [0.1, 0.15) is 11.2 Å². The normalized spacial score (nSPS) is 11.2. The molecule has 158 valence electrons. The average Bonchev–Trinajstić information content (AvgIpc) is 3.23. The van der Waals surface area contributed by atoms with Gasteiger partial charge in [0.05, 0.1) is 5.69 Å². The highest BCUT2D eigenvalue weighted by Gasteiger charge is 2.22. The Morgan fingerprint density at radius 1 is 0.576 bits per heavy atom. The minimum Gasteiger partial charge on any atom is -0.456 e. The van der Waals surface area contributed by atoms with E-state index in [9.17, 15) is 0 Å². The molecule has 0 saturated carbocycles. The molecule has 0 bridgehead atoms. The van der Waals surface area contributed by atoms with Gasteiger partial charge in [-0.2, -0.15) is 0 Å². The topological polar surface area (TPSA) is 16.4 Å². The van der Waals surface area contributed by atoms with E-state index in [1.165, 1.54) is 0 Å². The van der Waals surface area contributed by atoms with Gasteiger partial charge in [-0.15, -0.1) is 0 Å². The molecule has 0 aliphatic rings. The summed E-state index contributed by atoms with van der Waals surface area (Å²) in [5, 5.41) is 2.80. The van der Waals surface area contributed by atoms with E-state index in [0.717, 1.165) is 50.1 Å². The molecule has 0 fully saturated rings. The van der Waals surface area contributed by atoms with Crippen molar-refractivity contribution in [3.05, 3.63) is 126 Å². The summed E-state index contributed by atoms with van der Waals surface area (Å²) in [7, 11) is 0. The van der Waals surface area contributed by atoms with Crippen molar-refractivity contribution in [2.45, 2.75) is 0 Å². The number of halogens is 1. The van der Waals surface area contributed by atoms with E-state index in [1.807, 2.05) is 30.3 Å². The molecule has 0 unspecified atom stereocenters. The number of nitrogens with zero attached hydrogens (tertiary/aromatic N) is 1. The molecule has 0 atom stereocenters. The first kappa shape index (κ1) is 19.7. The Hall–Kier alpha value is -4.01. The number of hydrogen-bond donors (Lipinski definition) is 0. The van der Waals surface area contributed by atoms with Gasteiger partial charge in [-0.25, -0.2) is 0 Å². The van der Waals surface area contributed by atoms with Crippen molar-refractivity contribution < 1.29 is 4.42 Å². The number of anilines is 3. The summed E-state index contributed by atoms with van der Waals surface area (Å²) in [6, 6.07) is 41.5. The fourth-order valence-electron chi connectivity index (χ4n) is 4.50. The summed E-state index contributed by atoms with van der Waals surface area (Å²) in [5.41, 5.74) is 7.17. The number of hydrogen-bond acceptors (Lipinski definition) is 2. The van der Waals surface area contributed by atoms with Gasteiger partial charge in [0, 0.05) is 38.8 Å². The predicted octanol–water partition coefficient (Wildman–Crippen LogP) is 9.38. The van der Waals surface area contributed by atoms with Crippen LogP contribution in [-0.4, -0.2) is 0 Å². The van der Waals surface area contributed by atoms with Crippen LogP contribution in [0.5, 0.6) is 0 Å². The maximum atomic E-state index is 6.28. The Kier molecular flexibility index (Phi) is 4.86. The van der Waals surface area contributed by atoms with Gasteiger partial charge >= 0.3 is 0 Å². The molecule has 0 amide bonds. The van der Waals surface area contributed by atoms with Crippen LogP contribution >= 0.6 is 11.6 Å². The highest BCUT2D eigenvalue weighted by molar-refractivity contribution is 6.31. The first-order valence-corrected chi connectivity index (χ1v) is 11.3. The van der Waals surface area contributed by atoms with Gasteiger partial charge < -0.3 is 9.32 Å². The minimum atomic E-state index is 0.665. The van der Waals surface area contributed by atoms with Crippen LogP contribution in [-0.2, 0) is 0 Å². The van der Waals surface area contributed by atoms with Crippen LogP contribution in [0.1, 0.15) is 0 Å². The highest BCUT2D eigenvalue weighted by Crippen LogP contribution is 2.46. The summed E-state index contributed by atoms with van der Waals surface area (Å²) in [6.07, 6.45) is 0. The summed E-state index contributed by atoms with van der Waals surface area (Å²) in [4.78, 5) is 2.30. The lowest BCUT2D eigenvalue weighted by Crippen LogP contribution is -2.11. The molecule has 6 rings (SSSR count). The Labute approximate surface area is 197 Å². The molecule has 33 heavy (non-hydrogen) atoms. The lowest BCUT2D eigenvalue weighted by atomic mass is 9.96. The number of rotatable bonds is 4. The molecular formula is C30H20ClNO. The van der Waals surface area contributed by atoms with E-state index in [-0.39, 0.29) is 0 Å². The number of para-hydroxylation sites is 2. The van der Waals surface area contributed by atoms with E-state index in [1.54, 1.807) is 0 Å². The fraction of sp³-hybridized carbons (Fsp3) is 0.